The number of amides is 1. The molecule has 2 heterocycles. The molecule has 0 radical (unpaired) electrons. The molecule has 1 atom stereocenters. The summed E-state index contributed by atoms with van der Waals surface area (Å²) in [6, 6.07) is 7.28. The lowest BCUT2D eigenvalue weighted by Gasteiger charge is -2.29. The van der Waals surface area contributed by atoms with E-state index in [2.05, 4.69) is 12.2 Å². The second kappa shape index (κ2) is 7.50. The van der Waals surface area contributed by atoms with Crippen LogP contribution in [0.25, 0.3) is 0 Å². The van der Waals surface area contributed by atoms with Gasteiger partial charge in [-0.25, -0.2) is 8.42 Å². The normalized spacial score (nSPS) is 18.7. The van der Waals surface area contributed by atoms with Gasteiger partial charge in [0.1, 0.15) is 0 Å². The van der Waals surface area contributed by atoms with E-state index in [-0.39, 0.29) is 10.8 Å². The van der Waals surface area contributed by atoms with Crippen molar-refractivity contribution < 1.29 is 13.2 Å². The van der Waals surface area contributed by atoms with Gasteiger partial charge in [0, 0.05) is 24.2 Å². The van der Waals surface area contributed by atoms with Crippen LogP contribution in [0.4, 0.5) is 5.69 Å². The minimum Gasteiger partial charge on any atom is -0.321 e. The van der Waals surface area contributed by atoms with E-state index < -0.39 is 10.0 Å². The molecule has 140 valence electrons. The summed E-state index contributed by atoms with van der Waals surface area (Å²) in [7, 11) is -3.53. The quantitative estimate of drug-likeness (QED) is 0.854. The number of anilines is 1. The van der Waals surface area contributed by atoms with E-state index in [0.29, 0.717) is 23.9 Å². The highest BCUT2D eigenvalue weighted by atomic mass is 32.2. The second-order valence-corrected chi connectivity index (χ2v) is 9.88. The number of carbonyl (C=O) groups excluding carboxylic acids is 1. The van der Waals surface area contributed by atoms with Crippen molar-refractivity contribution in [3.05, 3.63) is 45.6 Å². The maximum atomic E-state index is 12.8. The Labute approximate surface area is 159 Å². The summed E-state index contributed by atoms with van der Waals surface area (Å²) in [5.74, 6) is 0.0832. The van der Waals surface area contributed by atoms with Gasteiger partial charge in [-0.2, -0.15) is 4.31 Å². The van der Waals surface area contributed by atoms with Gasteiger partial charge in [0.25, 0.3) is 5.91 Å². The number of nitrogens with one attached hydrogen (secondary N) is 1. The number of aryl methyl sites for hydroxylation is 2. The SMILES string of the molecule is Cc1ccc(NC(=O)c2cc(S(=O)(=O)N3CCCC(C)C3)cs2)c(C)c1. The smallest absolute Gasteiger partial charge is 0.265 e. The summed E-state index contributed by atoms with van der Waals surface area (Å²) in [6.45, 7) is 7.09. The summed E-state index contributed by atoms with van der Waals surface area (Å²) in [5, 5.41) is 4.43. The van der Waals surface area contributed by atoms with Crippen LogP contribution in [0.2, 0.25) is 0 Å². The Balaban J connectivity index is 1.77. The molecule has 1 aromatic carbocycles. The van der Waals surface area contributed by atoms with Crippen LogP contribution in [0.5, 0.6) is 0 Å². The fraction of sp³-hybridized carbons (Fsp3) is 0.421. The van der Waals surface area contributed by atoms with E-state index in [1.165, 1.54) is 10.4 Å². The highest BCUT2D eigenvalue weighted by Gasteiger charge is 2.30. The van der Waals surface area contributed by atoms with Crippen LogP contribution in [-0.4, -0.2) is 31.7 Å². The Morgan fingerprint density at radius 3 is 2.73 bits per heavy atom. The first-order chi connectivity index (χ1) is 12.3. The molecule has 0 saturated carbocycles. The number of hydrogen-bond donors (Lipinski definition) is 1. The van der Waals surface area contributed by atoms with Crippen LogP contribution >= 0.6 is 11.3 Å². The van der Waals surface area contributed by atoms with Crippen molar-refractivity contribution in [2.24, 2.45) is 5.92 Å². The number of rotatable bonds is 4. The summed E-state index contributed by atoms with van der Waals surface area (Å²) in [4.78, 5) is 13.1. The Kier molecular flexibility index (Phi) is 5.50. The highest BCUT2D eigenvalue weighted by Crippen LogP contribution is 2.27. The third kappa shape index (κ3) is 4.00. The molecule has 0 bridgehead atoms. The number of benzene rings is 1. The molecule has 1 saturated heterocycles. The second-order valence-electron chi connectivity index (χ2n) is 7.03. The standard InChI is InChI=1S/C19H24N2O3S2/c1-13-6-7-17(15(3)9-13)20-19(22)18-10-16(12-25-18)26(23,24)21-8-4-5-14(2)11-21/h6-7,9-10,12,14H,4-5,8,11H2,1-3H3,(H,20,22). The van der Waals surface area contributed by atoms with Crippen molar-refractivity contribution in [2.75, 3.05) is 18.4 Å². The van der Waals surface area contributed by atoms with Crippen molar-refractivity contribution in [3.63, 3.8) is 0 Å². The van der Waals surface area contributed by atoms with Crippen LogP contribution in [0.1, 0.15) is 40.6 Å². The largest absolute Gasteiger partial charge is 0.321 e. The summed E-state index contributed by atoms with van der Waals surface area (Å²) >= 11 is 1.16. The van der Waals surface area contributed by atoms with Crippen molar-refractivity contribution in [3.8, 4) is 0 Å². The van der Waals surface area contributed by atoms with Crippen LogP contribution in [0.3, 0.4) is 0 Å². The van der Waals surface area contributed by atoms with Crippen molar-refractivity contribution in [1.82, 2.24) is 4.31 Å². The Morgan fingerprint density at radius 1 is 1.27 bits per heavy atom. The molecule has 1 unspecified atom stereocenters. The molecule has 0 aliphatic carbocycles. The van der Waals surface area contributed by atoms with E-state index in [9.17, 15) is 13.2 Å². The van der Waals surface area contributed by atoms with Gasteiger partial charge in [-0.3, -0.25) is 4.79 Å². The first kappa shape index (κ1) is 19.1. The molecular formula is C19H24N2O3S2. The van der Waals surface area contributed by atoms with Crippen LogP contribution in [-0.2, 0) is 10.0 Å². The van der Waals surface area contributed by atoms with E-state index >= 15 is 0 Å². The molecule has 26 heavy (non-hydrogen) atoms. The first-order valence-corrected chi connectivity index (χ1v) is 11.1. The van der Waals surface area contributed by atoms with Crippen LogP contribution in [0, 0.1) is 19.8 Å². The summed E-state index contributed by atoms with van der Waals surface area (Å²) in [6.07, 6.45) is 1.93. The van der Waals surface area contributed by atoms with Crippen LogP contribution < -0.4 is 5.32 Å². The highest BCUT2D eigenvalue weighted by molar-refractivity contribution is 7.89. The summed E-state index contributed by atoms with van der Waals surface area (Å²) in [5.41, 5.74) is 2.84. The molecule has 1 aliphatic rings. The van der Waals surface area contributed by atoms with Gasteiger partial charge in [0.05, 0.1) is 9.77 Å². The lowest BCUT2D eigenvalue weighted by atomic mass is 10.0. The van der Waals surface area contributed by atoms with Gasteiger partial charge in [-0.15, -0.1) is 11.3 Å². The molecule has 1 fully saturated rings. The molecule has 1 aromatic heterocycles. The molecule has 0 spiro atoms. The van der Waals surface area contributed by atoms with Crippen molar-refractivity contribution in [1.29, 1.82) is 0 Å². The van der Waals surface area contributed by atoms with Crippen molar-refractivity contribution in [2.45, 2.75) is 38.5 Å². The maximum Gasteiger partial charge on any atom is 0.265 e. The van der Waals surface area contributed by atoms with Gasteiger partial charge in [-0.05, 0) is 50.3 Å². The van der Waals surface area contributed by atoms with E-state index in [1.807, 2.05) is 32.0 Å². The van der Waals surface area contributed by atoms with Gasteiger partial charge >= 0.3 is 0 Å². The van der Waals surface area contributed by atoms with Crippen LogP contribution in [0.15, 0.2) is 34.5 Å². The Hall–Kier alpha value is -1.70. The number of carbonyl (C=O) groups is 1. The fourth-order valence-corrected chi connectivity index (χ4v) is 5.98. The number of thiophene rings is 1. The number of nitrogens with zero attached hydrogens (tertiary/aromatic N) is 1. The first-order valence-electron chi connectivity index (χ1n) is 8.74. The number of sulfonamides is 1. The van der Waals surface area contributed by atoms with Crippen molar-refractivity contribution >= 4 is 33.0 Å². The molecular weight excluding hydrogens is 368 g/mol. The monoisotopic (exact) mass is 392 g/mol. The summed E-state index contributed by atoms with van der Waals surface area (Å²) < 4.78 is 27.2. The molecule has 7 heteroatoms. The van der Waals surface area contributed by atoms with Gasteiger partial charge in [0.2, 0.25) is 10.0 Å². The number of piperidine rings is 1. The predicted octanol–water partition coefficient (Wildman–Crippen LogP) is 4.04. The Bertz CT molecular complexity index is 919. The zero-order valence-corrected chi connectivity index (χ0v) is 16.9. The molecule has 3 rings (SSSR count). The minimum absolute atomic E-state index is 0.211. The average Bonchev–Trinajstić information content (AvgIpc) is 3.08. The van der Waals surface area contributed by atoms with Gasteiger partial charge in [-0.1, -0.05) is 24.6 Å². The lowest BCUT2D eigenvalue weighted by molar-refractivity contribution is 0.103. The molecule has 1 amide bonds. The van der Waals surface area contributed by atoms with E-state index in [0.717, 1.165) is 41.0 Å². The van der Waals surface area contributed by atoms with Gasteiger partial charge < -0.3 is 5.32 Å². The molecule has 5 nitrogen and oxygen atoms in total. The molecule has 2 aromatic rings. The predicted molar refractivity (Wildman–Crippen MR) is 105 cm³/mol. The fourth-order valence-electron chi connectivity index (χ4n) is 3.22. The zero-order valence-electron chi connectivity index (χ0n) is 15.3. The lowest BCUT2D eigenvalue weighted by Crippen LogP contribution is -2.38. The zero-order chi connectivity index (χ0) is 18.9. The maximum absolute atomic E-state index is 12.8. The van der Waals surface area contributed by atoms with E-state index in [4.69, 9.17) is 0 Å². The van der Waals surface area contributed by atoms with E-state index in [1.54, 1.807) is 5.38 Å². The molecule has 1 aliphatic heterocycles. The topological polar surface area (TPSA) is 66.5 Å². The Morgan fingerprint density at radius 2 is 2.04 bits per heavy atom. The number of hydrogen-bond acceptors (Lipinski definition) is 4. The van der Waals surface area contributed by atoms with Gasteiger partial charge in [0.15, 0.2) is 0 Å². The minimum atomic E-state index is -3.53. The third-order valence-corrected chi connectivity index (χ3v) is 7.61. The third-order valence-electron chi connectivity index (χ3n) is 4.69. The average molecular weight is 393 g/mol. The molecule has 1 N–H and O–H groups in total.